The van der Waals surface area contributed by atoms with Crippen molar-refractivity contribution in [2.45, 2.75) is 45.6 Å². The first-order chi connectivity index (χ1) is 8.36. The molecule has 17 heavy (non-hydrogen) atoms. The molecule has 0 aliphatic heterocycles. The third-order valence-electron chi connectivity index (χ3n) is 2.82. The van der Waals surface area contributed by atoms with Crippen LogP contribution in [0.5, 0.6) is 0 Å². The van der Waals surface area contributed by atoms with Gasteiger partial charge in [-0.05, 0) is 43.5 Å². The highest BCUT2D eigenvalue weighted by Crippen LogP contribution is 2.08. The molecule has 1 rings (SSSR count). The van der Waals surface area contributed by atoms with E-state index in [4.69, 9.17) is 4.42 Å². The van der Waals surface area contributed by atoms with Gasteiger partial charge in [0.05, 0.1) is 6.54 Å². The van der Waals surface area contributed by atoms with Crippen LogP contribution in [0.4, 0.5) is 0 Å². The van der Waals surface area contributed by atoms with Crippen LogP contribution in [0.1, 0.15) is 44.1 Å². The lowest BCUT2D eigenvalue weighted by Gasteiger charge is -2.02. The molecule has 0 bridgehead atoms. The Morgan fingerprint density at radius 2 is 1.88 bits per heavy atom. The summed E-state index contributed by atoms with van der Waals surface area (Å²) in [6.07, 6.45) is 8.50. The first-order valence-corrected chi connectivity index (χ1v) is 8.03. The molecule has 0 amide bonds. The van der Waals surface area contributed by atoms with E-state index in [0.29, 0.717) is 0 Å². The van der Waals surface area contributed by atoms with Crippen LogP contribution in [0.2, 0.25) is 0 Å². The predicted molar refractivity (Wildman–Crippen MR) is 76.6 cm³/mol. The van der Waals surface area contributed by atoms with Crippen LogP contribution >= 0.6 is 11.8 Å². The number of rotatable bonds is 10. The highest BCUT2D eigenvalue weighted by molar-refractivity contribution is 7.98. The molecule has 0 fully saturated rings. The minimum atomic E-state index is 0.866. The van der Waals surface area contributed by atoms with E-state index < -0.39 is 0 Å². The van der Waals surface area contributed by atoms with E-state index in [2.05, 4.69) is 30.6 Å². The van der Waals surface area contributed by atoms with E-state index >= 15 is 0 Å². The molecule has 2 nitrogen and oxygen atoms in total. The third kappa shape index (κ3) is 6.79. The predicted octanol–water partition coefficient (Wildman–Crippen LogP) is 3.86. The van der Waals surface area contributed by atoms with E-state index in [1.54, 1.807) is 0 Å². The lowest BCUT2D eigenvalue weighted by molar-refractivity contribution is 0.448. The van der Waals surface area contributed by atoms with E-state index in [1.165, 1.54) is 31.4 Å². The number of unbranched alkanes of at least 4 members (excludes halogenated alkanes) is 3. The first kappa shape index (κ1) is 14.7. The van der Waals surface area contributed by atoms with Crippen LogP contribution in [0.3, 0.4) is 0 Å². The van der Waals surface area contributed by atoms with Crippen molar-refractivity contribution in [3.8, 4) is 0 Å². The van der Waals surface area contributed by atoms with Crippen LogP contribution in [-0.2, 0) is 13.0 Å². The molecule has 0 atom stereocenters. The van der Waals surface area contributed by atoms with Gasteiger partial charge in [-0.25, -0.2) is 0 Å². The smallest absolute Gasteiger partial charge is 0.117 e. The minimum Gasteiger partial charge on any atom is -0.465 e. The maximum Gasteiger partial charge on any atom is 0.117 e. The standard InChI is InChI=1S/C14H25NOS/c1-3-13-8-9-14(16-13)12-15-10-6-4-5-7-11-17-2/h8-9,15H,3-7,10-12H2,1-2H3. The molecule has 0 spiro atoms. The molecule has 0 saturated heterocycles. The molecule has 1 aromatic rings. The quantitative estimate of drug-likeness (QED) is 0.643. The third-order valence-corrected chi connectivity index (χ3v) is 3.51. The fourth-order valence-electron chi connectivity index (χ4n) is 1.77. The van der Waals surface area contributed by atoms with Gasteiger partial charge in [0, 0.05) is 6.42 Å². The van der Waals surface area contributed by atoms with Crippen LogP contribution < -0.4 is 5.32 Å². The Balaban J connectivity index is 1.93. The molecular weight excluding hydrogens is 230 g/mol. The van der Waals surface area contributed by atoms with Gasteiger partial charge in [-0.1, -0.05) is 19.8 Å². The van der Waals surface area contributed by atoms with Crippen molar-refractivity contribution in [1.82, 2.24) is 5.32 Å². The molecule has 1 N–H and O–H groups in total. The van der Waals surface area contributed by atoms with Gasteiger partial charge in [-0.15, -0.1) is 0 Å². The second-order valence-corrected chi connectivity index (χ2v) is 5.29. The highest BCUT2D eigenvalue weighted by atomic mass is 32.2. The van der Waals surface area contributed by atoms with E-state index in [0.717, 1.165) is 31.0 Å². The average Bonchev–Trinajstić information content (AvgIpc) is 2.80. The van der Waals surface area contributed by atoms with Gasteiger partial charge >= 0.3 is 0 Å². The Morgan fingerprint density at radius 1 is 1.12 bits per heavy atom. The molecule has 0 unspecified atom stereocenters. The summed E-state index contributed by atoms with van der Waals surface area (Å²) >= 11 is 1.94. The van der Waals surface area contributed by atoms with Crippen molar-refractivity contribution >= 4 is 11.8 Å². The summed E-state index contributed by atoms with van der Waals surface area (Å²) in [6.45, 7) is 4.08. The van der Waals surface area contributed by atoms with Crippen LogP contribution in [0.15, 0.2) is 16.5 Å². The van der Waals surface area contributed by atoms with Gasteiger partial charge in [-0.3, -0.25) is 0 Å². The summed E-state index contributed by atoms with van der Waals surface area (Å²) in [5.74, 6) is 3.45. The van der Waals surface area contributed by atoms with Gasteiger partial charge in [0.2, 0.25) is 0 Å². The van der Waals surface area contributed by atoms with Gasteiger partial charge in [0.1, 0.15) is 11.5 Å². The minimum absolute atomic E-state index is 0.866. The fourth-order valence-corrected chi connectivity index (χ4v) is 2.26. The maximum absolute atomic E-state index is 5.63. The number of furan rings is 1. The number of aryl methyl sites for hydroxylation is 1. The largest absolute Gasteiger partial charge is 0.465 e. The van der Waals surface area contributed by atoms with E-state index in [-0.39, 0.29) is 0 Å². The summed E-state index contributed by atoms with van der Waals surface area (Å²) in [6, 6.07) is 4.14. The van der Waals surface area contributed by atoms with Crippen molar-refractivity contribution < 1.29 is 4.42 Å². The van der Waals surface area contributed by atoms with Gasteiger partial charge < -0.3 is 9.73 Å². The van der Waals surface area contributed by atoms with Gasteiger partial charge in [0.25, 0.3) is 0 Å². The summed E-state index contributed by atoms with van der Waals surface area (Å²) < 4.78 is 5.63. The van der Waals surface area contributed by atoms with Crippen molar-refractivity contribution in [1.29, 1.82) is 0 Å². The highest BCUT2D eigenvalue weighted by Gasteiger charge is 1.99. The Labute approximate surface area is 110 Å². The summed E-state index contributed by atoms with van der Waals surface area (Å²) in [7, 11) is 0. The summed E-state index contributed by atoms with van der Waals surface area (Å²) in [5.41, 5.74) is 0. The Bertz CT molecular complexity index is 286. The lowest BCUT2D eigenvalue weighted by atomic mass is 10.2. The monoisotopic (exact) mass is 255 g/mol. The number of thioether (sulfide) groups is 1. The lowest BCUT2D eigenvalue weighted by Crippen LogP contribution is -2.14. The molecule has 0 radical (unpaired) electrons. The summed E-state index contributed by atoms with van der Waals surface area (Å²) in [5, 5.41) is 3.43. The number of hydrogen-bond acceptors (Lipinski definition) is 3. The van der Waals surface area contributed by atoms with Crippen molar-refractivity contribution in [2.75, 3.05) is 18.6 Å². The maximum atomic E-state index is 5.63. The zero-order chi connectivity index (χ0) is 12.3. The van der Waals surface area contributed by atoms with Gasteiger partial charge in [0.15, 0.2) is 0 Å². The Kier molecular flexibility index (Phi) is 8.28. The van der Waals surface area contributed by atoms with Crippen LogP contribution in [-0.4, -0.2) is 18.6 Å². The van der Waals surface area contributed by atoms with Crippen molar-refractivity contribution in [3.05, 3.63) is 23.7 Å². The molecule has 0 aromatic carbocycles. The molecule has 0 aliphatic carbocycles. The van der Waals surface area contributed by atoms with Crippen molar-refractivity contribution in [3.63, 3.8) is 0 Å². The Hall–Kier alpha value is -0.410. The van der Waals surface area contributed by atoms with Crippen LogP contribution in [0.25, 0.3) is 0 Å². The zero-order valence-corrected chi connectivity index (χ0v) is 11.9. The topological polar surface area (TPSA) is 25.2 Å². The molecule has 3 heteroatoms. The number of nitrogens with one attached hydrogen (secondary N) is 1. The fraction of sp³-hybridized carbons (Fsp3) is 0.714. The molecule has 0 saturated carbocycles. The second-order valence-electron chi connectivity index (χ2n) is 4.31. The molecule has 98 valence electrons. The Morgan fingerprint density at radius 3 is 2.59 bits per heavy atom. The van der Waals surface area contributed by atoms with Crippen molar-refractivity contribution in [2.24, 2.45) is 0 Å². The zero-order valence-electron chi connectivity index (χ0n) is 11.1. The molecule has 0 aliphatic rings. The number of hydrogen-bond donors (Lipinski definition) is 1. The van der Waals surface area contributed by atoms with Gasteiger partial charge in [-0.2, -0.15) is 11.8 Å². The normalized spacial score (nSPS) is 10.9. The molecule has 1 aromatic heterocycles. The summed E-state index contributed by atoms with van der Waals surface area (Å²) in [4.78, 5) is 0. The first-order valence-electron chi connectivity index (χ1n) is 6.64. The van der Waals surface area contributed by atoms with E-state index in [9.17, 15) is 0 Å². The molecular formula is C14H25NOS. The van der Waals surface area contributed by atoms with E-state index in [1.807, 2.05) is 11.8 Å². The SMILES string of the molecule is CCc1ccc(CNCCCCCCSC)o1. The molecule has 1 heterocycles. The van der Waals surface area contributed by atoms with Crippen LogP contribution in [0, 0.1) is 0 Å². The second kappa shape index (κ2) is 9.60. The average molecular weight is 255 g/mol.